The summed E-state index contributed by atoms with van der Waals surface area (Å²) in [5.41, 5.74) is 0. The highest BCUT2D eigenvalue weighted by Crippen LogP contribution is 2.18. The van der Waals surface area contributed by atoms with Crippen molar-refractivity contribution in [1.82, 2.24) is 0 Å². The molecule has 0 bridgehead atoms. The Morgan fingerprint density at radius 2 is 0.648 bits per heavy atom. The Hall–Kier alpha value is -3.79. The third-order valence-corrected chi connectivity index (χ3v) is 16.1. The SMILES string of the molecule is CC/C=C\C/C=C\C/C=C\C/C=C\C/C=C\C/C=C\C/C=C\C/C=C\CCCCCCCCCCCCCCC(=O)OC(COC(=O)CCCCCCCCCCCCCCCCCCCCCCCCCCCC)COC(OCC[N+](C)(C)C)C(=O)O. The van der Waals surface area contributed by atoms with Gasteiger partial charge >= 0.3 is 17.9 Å². The van der Waals surface area contributed by atoms with Gasteiger partial charge in [-0.2, -0.15) is 0 Å². The first-order valence-corrected chi connectivity index (χ1v) is 36.9. The number of ether oxygens (including phenoxy) is 4. The zero-order valence-corrected chi connectivity index (χ0v) is 58.1. The fourth-order valence-electron chi connectivity index (χ4n) is 10.5. The molecule has 9 heteroatoms. The molecule has 0 saturated carbocycles. The number of rotatable bonds is 68. The molecule has 0 aromatic rings. The van der Waals surface area contributed by atoms with E-state index in [-0.39, 0.29) is 32.2 Å². The molecule has 0 fully saturated rings. The predicted octanol–water partition coefficient (Wildman–Crippen LogP) is 23.2. The summed E-state index contributed by atoms with van der Waals surface area (Å²) >= 11 is 0. The number of hydrogen-bond donors (Lipinski definition) is 1. The van der Waals surface area contributed by atoms with Gasteiger partial charge in [0.1, 0.15) is 13.2 Å². The van der Waals surface area contributed by atoms with Crippen molar-refractivity contribution in [1.29, 1.82) is 0 Å². The Labute approximate surface area is 543 Å². The van der Waals surface area contributed by atoms with E-state index in [1.807, 2.05) is 21.1 Å². The summed E-state index contributed by atoms with van der Waals surface area (Å²) in [5, 5.41) is 9.76. The molecule has 1 N–H and O–H groups in total. The summed E-state index contributed by atoms with van der Waals surface area (Å²) in [6, 6.07) is 0. The van der Waals surface area contributed by atoms with Crippen LogP contribution in [0.25, 0.3) is 0 Å². The highest BCUT2D eigenvalue weighted by atomic mass is 16.7. The van der Waals surface area contributed by atoms with Crippen LogP contribution in [0.2, 0.25) is 0 Å². The monoisotopic (exact) mass is 1230 g/mol. The van der Waals surface area contributed by atoms with Gasteiger partial charge < -0.3 is 28.5 Å². The summed E-state index contributed by atoms with van der Waals surface area (Å²) in [6.45, 7) is 4.81. The van der Waals surface area contributed by atoms with Gasteiger partial charge in [-0.1, -0.05) is 336 Å². The van der Waals surface area contributed by atoms with Gasteiger partial charge in [0.2, 0.25) is 0 Å². The Kier molecular flexibility index (Phi) is 66.1. The summed E-state index contributed by atoms with van der Waals surface area (Å²) in [4.78, 5) is 37.7. The number of nitrogens with zero attached hydrogens (tertiary/aromatic N) is 1. The molecule has 2 unspecified atom stereocenters. The van der Waals surface area contributed by atoms with Crippen molar-refractivity contribution >= 4 is 17.9 Å². The highest BCUT2D eigenvalue weighted by molar-refractivity contribution is 5.71. The van der Waals surface area contributed by atoms with Gasteiger partial charge in [0.15, 0.2) is 6.10 Å². The lowest BCUT2D eigenvalue weighted by molar-refractivity contribution is -0.870. The lowest BCUT2D eigenvalue weighted by Gasteiger charge is -2.25. The molecule has 88 heavy (non-hydrogen) atoms. The van der Waals surface area contributed by atoms with Crippen LogP contribution in [0.1, 0.15) is 328 Å². The number of unbranched alkanes of at least 4 members (excludes halogenated alkanes) is 37. The fraction of sp³-hybridized carbons (Fsp3) is 0.759. The number of hydrogen-bond acceptors (Lipinski definition) is 7. The fourth-order valence-corrected chi connectivity index (χ4v) is 10.5. The van der Waals surface area contributed by atoms with Crippen molar-refractivity contribution in [3.63, 3.8) is 0 Å². The highest BCUT2D eigenvalue weighted by Gasteiger charge is 2.25. The molecule has 0 aromatic heterocycles. The number of aliphatic carboxylic acids is 1. The molecule has 508 valence electrons. The number of carbonyl (C=O) groups is 3. The largest absolute Gasteiger partial charge is 0.477 e. The summed E-state index contributed by atoms with van der Waals surface area (Å²) in [5.74, 6) is -1.99. The third-order valence-electron chi connectivity index (χ3n) is 16.1. The molecular formula is C79H140NO8+. The molecule has 0 aromatic carbocycles. The molecule has 0 saturated heterocycles. The van der Waals surface area contributed by atoms with Gasteiger partial charge in [-0.15, -0.1) is 0 Å². The van der Waals surface area contributed by atoms with Gasteiger partial charge in [-0.05, 0) is 77.0 Å². The van der Waals surface area contributed by atoms with Crippen molar-refractivity contribution in [2.75, 3.05) is 47.5 Å². The number of carboxylic acids is 1. The second kappa shape index (κ2) is 69.1. The molecule has 0 aliphatic rings. The summed E-state index contributed by atoms with van der Waals surface area (Å²) in [6.07, 6.45) is 92.4. The van der Waals surface area contributed by atoms with Crippen molar-refractivity contribution in [3.05, 3.63) is 97.2 Å². The average molecular weight is 1230 g/mol. The number of esters is 2. The lowest BCUT2D eigenvalue weighted by atomic mass is 10.0. The molecular weight excluding hydrogens is 1090 g/mol. The van der Waals surface area contributed by atoms with Crippen LogP contribution in [0.15, 0.2) is 97.2 Å². The van der Waals surface area contributed by atoms with Crippen molar-refractivity contribution in [3.8, 4) is 0 Å². The summed E-state index contributed by atoms with van der Waals surface area (Å²) < 4.78 is 23.0. The van der Waals surface area contributed by atoms with Crippen LogP contribution in [-0.2, 0) is 33.3 Å². The molecule has 0 aliphatic carbocycles. The van der Waals surface area contributed by atoms with E-state index < -0.39 is 24.3 Å². The van der Waals surface area contributed by atoms with Gasteiger partial charge in [0.05, 0.1) is 34.4 Å². The van der Waals surface area contributed by atoms with Crippen LogP contribution < -0.4 is 0 Å². The average Bonchev–Trinajstić information content (AvgIpc) is 3.54. The van der Waals surface area contributed by atoms with Crippen LogP contribution in [0.5, 0.6) is 0 Å². The molecule has 0 amide bonds. The standard InChI is InChI=1S/C79H139NO8/c1-6-8-10-12-14-16-18-20-22-24-26-28-30-32-34-35-36-37-38-39-40-41-42-43-44-46-48-50-52-54-56-58-60-62-64-66-68-70-77(82)88-75(74-87-79(78(83)84)85-72-71-80(3,4)5)73-86-76(81)69-67-65-63-61-59-57-55-53-51-49-47-45-33-31-29-27-25-23-21-19-17-15-13-11-9-7-2/h8,10,14,16,20,22,26,28,32,34,36-37,39-40,42-43,75,79H,6-7,9,11-13,15,17-19,21,23-25,27,29-31,33,35,38,41,44-74H2,1-5H3/p+1/b10-8-,16-14-,22-20-,28-26-,34-32-,37-36-,40-39-,43-42-. The number of allylic oxidation sites excluding steroid dienone is 16. The number of likely N-dealkylation sites (N-methyl/N-ethyl adjacent to an activating group) is 1. The molecule has 9 nitrogen and oxygen atoms in total. The van der Waals surface area contributed by atoms with E-state index in [9.17, 15) is 19.5 Å². The maximum Gasteiger partial charge on any atom is 0.361 e. The van der Waals surface area contributed by atoms with Crippen molar-refractivity contribution in [2.24, 2.45) is 0 Å². The second-order valence-electron chi connectivity index (χ2n) is 25.9. The third kappa shape index (κ3) is 69.7. The van der Waals surface area contributed by atoms with Gasteiger partial charge in [0.25, 0.3) is 6.29 Å². The Bertz CT molecular complexity index is 1770. The van der Waals surface area contributed by atoms with E-state index in [0.717, 1.165) is 89.9 Å². The minimum Gasteiger partial charge on any atom is -0.477 e. The number of quaternary nitrogens is 1. The van der Waals surface area contributed by atoms with Gasteiger partial charge in [-0.25, -0.2) is 4.79 Å². The first kappa shape index (κ1) is 84.2. The van der Waals surface area contributed by atoms with Crippen LogP contribution >= 0.6 is 0 Å². The maximum atomic E-state index is 13.0. The molecule has 0 rings (SSSR count). The minimum atomic E-state index is -1.51. The van der Waals surface area contributed by atoms with E-state index >= 15 is 0 Å². The zero-order chi connectivity index (χ0) is 64.0. The first-order chi connectivity index (χ1) is 43.1. The molecule has 0 radical (unpaired) electrons. The molecule has 0 spiro atoms. The Balaban J connectivity index is 4.09. The normalized spacial score (nSPS) is 13.2. The van der Waals surface area contributed by atoms with E-state index in [1.54, 1.807) is 0 Å². The first-order valence-electron chi connectivity index (χ1n) is 36.9. The molecule has 0 aliphatic heterocycles. The second-order valence-corrected chi connectivity index (χ2v) is 25.9. The topological polar surface area (TPSA) is 108 Å². The van der Waals surface area contributed by atoms with Crippen molar-refractivity contribution < 1.29 is 42.9 Å². The smallest absolute Gasteiger partial charge is 0.361 e. The quantitative estimate of drug-likeness (QED) is 0.0211. The van der Waals surface area contributed by atoms with E-state index in [4.69, 9.17) is 18.9 Å². The lowest BCUT2D eigenvalue weighted by Crippen LogP contribution is -2.40. The van der Waals surface area contributed by atoms with E-state index in [1.165, 1.54) is 205 Å². The minimum absolute atomic E-state index is 0.182. The zero-order valence-electron chi connectivity index (χ0n) is 58.1. The molecule has 2 atom stereocenters. The van der Waals surface area contributed by atoms with Crippen LogP contribution in [0.3, 0.4) is 0 Å². The van der Waals surface area contributed by atoms with Gasteiger partial charge in [-0.3, -0.25) is 9.59 Å². The maximum absolute atomic E-state index is 13.0. The Morgan fingerprint density at radius 3 is 0.966 bits per heavy atom. The van der Waals surface area contributed by atoms with Gasteiger partial charge in [0, 0.05) is 12.8 Å². The summed E-state index contributed by atoms with van der Waals surface area (Å²) in [7, 11) is 5.98. The van der Waals surface area contributed by atoms with E-state index in [0.29, 0.717) is 23.9 Å². The predicted molar refractivity (Wildman–Crippen MR) is 378 cm³/mol. The van der Waals surface area contributed by atoms with E-state index in [2.05, 4.69) is 111 Å². The van der Waals surface area contributed by atoms with Crippen LogP contribution in [-0.4, -0.2) is 87.4 Å². The number of carbonyl (C=O) groups excluding carboxylic acids is 2. The molecule has 0 heterocycles. The van der Waals surface area contributed by atoms with Crippen LogP contribution in [0, 0.1) is 0 Å². The van der Waals surface area contributed by atoms with Crippen molar-refractivity contribution in [2.45, 2.75) is 341 Å². The number of carboxylic acid groups (broad SMARTS) is 1. The Morgan fingerprint density at radius 1 is 0.352 bits per heavy atom. The van der Waals surface area contributed by atoms with Crippen LogP contribution in [0.4, 0.5) is 0 Å².